The quantitative estimate of drug-likeness (QED) is 0.708. The van der Waals surface area contributed by atoms with E-state index in [0.29, 0.717) is 5.02 Å². The molecule has 0 fully saturated rings. The lowest BCUT2D eigenvalue weighted by molar-refractivity contribution is 0.187. The Morgan fingerprint density at radius 2 is 2.29 bits per heavy atom. The first-order chi connectivity index (χ1) is 6.72. The van der Waals surface area contributed by atoms with Crippen molar-refractivity contribution in [1.29, 1.82) is 0 Å². The van der Waals surface area contributed by atoms with Gasteiger partial charge in [0, 0.05) is 23.6 Å². The number of rotatable bonds is 2. The normalized spacial score (nSPS) is 13.4. The van der Waals surface area contributed by atoms with Crippen LogP contribution in [0.3, 0.4) is 0 Å². The summed E-state index contributed by atoms with van der Waals surface area (Å²) in [7, 11) is 0. The Morgan fingerprint density at radius 3 is 3.00 bits per heavy atom. The molecule has 74 valence electrons. The minimum atomic E-state index is -0.620. The van der Waals surface area contributed by atoms with E-state index in [9.17, 15) is 5.11 Å². The van der Waals surface area contributed by atoms with Crippen molar-refractivity contribution in [2.45, 2.75) is 6.10 Å². The molecule has 1 aromatic heterocycles. The first-order valence-corrected chi connectivity index (χ1v) is 4.75. The van der Waals surface area contributed by atoms with Gasteiger partial charge >= 0.3 is 0 Å². The van der Waals surface area contributed by atoms with Crippen molar-refractivity contribution in [3.8, 4) is 0 Å². The van der Waals surface area contributed by atoms with Gasteiger partial charge in [0.05, 0.1) is 11.1 Å². The van der Waals surface area contributed by atoms with E-state index in [-0.39, 0.29) is 6.54 Å². The molecule has 0 aliphatic heterocycles. The van der Waals surface area contributed by atoms with Crippen LogP contribution in [-0.4, -0.2) is 16.6 Å². The zero-order chi connectivity index (χ0) is 10.1. The Balaban J connectivity index is 2.54. The molecule has 0 aliphatic carbocycles. The predicted octanol–water partition coefficient (Wildman–Crippen LogP) is 1.81. The van der Waals surface area contributed by atoms with Gasteiger partial charge in [0.25, 0.3) is 0 Å². The van der Waals surface area contributed by atoms with Gasteiger partial charge in [-0.15, -0.1) is 0 Å². The molecular formula is C10H11ClN2O. The lowest BCUT2D eigenvalue weighted by Crippen LogP contribution is -2.11. The highest BCUT2D eigenvalue weighted by atomic mass is 35.5. The number of nitrogens with two attached hydrogens (primary N) is 1. The van der Waals surface area contributed by atoms with Crippen LogP contribution in [0.5, 0.6) is 0 Å². The van der Waals surface area contributed by atoms with Gasteiger partial charge in [0.1, 0.15) is 0 Å². The van der Waals surface area contributed by atoms with Crippen LogP contribution in [0, 0.1) is 0 Å². The molecule has 0 radical (unpaired) electrons. The molecule has 2 aromatic rings. The van der Waals surface area contributed by atoms with E-state index in [1.165, 1.54) is 0 Å². The van der Waals surface area contributed by atoms with Crippen LogP contribution in [0.25, 0.3) is 10.9 Å². The number of hydrogen-bond donors (Lipinski definition) is 3. The van der Waals surface area contributed by atoms with E-state index in [1.54, 1.807) is 6.20 Å². The first-order valence-electron chi connectivity index (χ1n) is 4.37. The highest BCUT2D eigenvalue weighted by Gasteiger charge is 2.07. The molecule has 4 heteroatoms. The second-order valence-corrected chi connectivity index (χ2v) is 3.60. The smallest absolute Gasteiger partial charge is 0.0912 e. The summed E-state index contributed by atoms with van der Waals surface area (Å²) in [5, 5.41) is 11.1. The highest BCUT2D eigenvalue weighted by molar-refractivity contribution is 6.35. The third kappa shape index (κ3) is 1.50. The van der Waals surface area contributed by atoms with Crippen LogP contribution in [0.1, 0.15) is 11.7 Å². The van der Waals surface area contributed by atoms with Gasteiger partial charge < -0.3 is 15.8 Å². The van der Waals surface area contributed by atoms with E-state index in [2.05, 4.69) is 4.98 Å². The molecule has 0 aliphatic rings. The van der Waals surface area contributed by atoms with Crippen molar-refractivity contribution < 1.29 is 5.11 Å². The maximum absolute atomic E-state index is 9.54. The maximum Gasteiger partial charge on any atom is 0.0912 e. The molecule has 1 atom stereocenters. The van der Waals surface area contributed by atoms with Gasteiger partial charge in [-0.2, -0.15) is 0 Å². The highest BCUT2D eigenvalue weighted by Crippen LogP contribution is 2.25. The number of halogens is 1. The van der Waals surface area contributed by atoms with Crippen LogP contribution in [-0.2, 0) is 0 Å². The van der Waals surface area contributed by atoms with Crippen molar-refractivity contribution in [2.75, 3.05) is 6.54 Å². The molecule has 1 heterocycles. The van der Waals surface area contributed by atoms with E-state index in [1.807, 2.05) is 18.2 Å². The summed E-state index contributed by atoms with van der Waals surface area (Å²) in [6.07, 6.45) is 1.11. The zero-order valence-electron chi connectivity index (χ0n) is 7.50. The molecule has 4 N–H and O–H groups in total. The summed E-state index contributed by atoms with van der Waals surface area (Å²) in [6, 6.07) is 5.58. The molecule has 2 rings (SSSR count). The third-order valence-electron chi connectivity index (χ3n) is 2.26. The lowest BCUT2D eigenvalue weighted by atomic mass is 10.1. The molecule has 0 spiro atoms. The molecule has 3 nitrogen and oxygen atoms in total. The first kappa shape index (κ1) is 9.52. The molecule has 1 aromatic carbocycles. The zero-order valence-corrected chi connectivity index (χ0v) is 8.25. The van der Waals surface area contributed by atoms with Crippen molar-refractivity contribution in [3.05, 3.63) is 35.0 Å². The second kappa shape index (κ2) is 3.61. The van der Waals surface area contributed by atoms with Crippen LogP contribution in [0.2, 0.25) is 5.02 Å². The molecule has 0 bridgehead atoms. The number of hydrogen-bond acceptors (Lipinski definition) is 2. The molecule has 0 amide bonds. The largest absolute Gasteiger partial charge is 0.387 e. The summed E-state index contributed by atoms with van der Waals surface area (Å²) < 4.78 is 0. The van der Waals surface area contributed by atoms with Gasteiger partial charge in [-0.1, -0.05) is 17.7 Å². The van der Waals surface area contributed by atoms with Gasteiger partial charge in [0.15, 0.2) is 0 Å². The van der Waals surface area contributed by atoms with Crippen molar-refractivity contribution in [2.24, 2.45) is 5.73 Å². The Kier molecular flexibility index (Phi) is 2.46. The van der Waals surface area contributed by atoms with Crippen LogP contribution < -0.4 is 5.73 Å². The molecule has 14 heavy (non-hydrogen) atoms. The number of aliphatic hydroxyl groups is 1. The number of benzene rings is 1. The van der Waals surface area contributed by atoms with Crippen molar-refractivity contribution in [3.63, 3.8) is 0 Å². The number of aliphatic hydroxyl groups excluding tert-OH is 1. The molecule has 0 saturated carbocycles. The molecular weight excluding hydrogens is 200 g/mol. The summed E-state index contributed by atoms with van der Waals surface area (Å²) in [6.45, 7) is 0.216. The second-order valence-electron chi connectivity index (χ2n) is 3.19. The van der Waals surface area contributed by atoms with Crippen LogP contribution in [0.15, 0.2) is 24.4 Å². The minimum absolute atomic E-state index is 0.216. The van der Waals surface area contributed by atoms with Gasteiger partial charge in [-0.05, 0) is 17.7 Å². The van der Waals surface area contributed by atoms with Crippen molar-refractivity contribution >= 4 is 22.5 Å². The average molecular weight is 211 g/mol. The van der Waals surface area contributed by atoms with E-state index < -0.39 is 6.10 Å². The average Bonchev–Trinajstić information content (AvgIpc) is 2.59. The molecule has 0 saturated heterocycles. The Labute approximate surface area is 86.5 Å². The fraction of sp³-hybridized carbons (Fsp3) is 0.200. The standard InChI is InChI=1S/C10H11ClN2O/c11-8-5-13-9-2-1-6(3-7(8)9)10(14)4-12/h1-3,5,10,13-14H,4,12H2. The minimum Gasteiger partial charge on any atom is -0.387 e. The number of nitrogens with one attached hydrogen (secondary N) is 1. The van der Waals surface area contributed by atoms with Crippen LogP contribution in [0.4, 0.5) is 0 Å². The number of aromatic amines is 1. The Bertz CT molecular complexity index is 452. The van der Waals surface area contributed by atoms with E-state index in [0.717, 1.165) is 16.5 Å². The lowest BCUT2D eigenvalue weighted by Gasteiger charge is -2.07. The fourth-order valence-corrected chi connectivity index (χ4v) is 1.66. The maximum atomic E-state index is 9.54. The van der Waals surface area contributed by atoms with Crippen LogP contribution >= 0.6 is 11.6 Å². The third-order valence-corrected chi connectivity index (χ3v) is 2.58. The Morgan fingerprint density at radius 1 is 1.50 bits per heavy atom. The summed E-state index contributed by atoms with van der Waals surface area (Å²) in [5.74, 6) is 0. The van der Waals surface area contributed by atoms with Gasteiger partial charge in [-0.3, -0.25) is 0 Å². The van der Waals surface area contributed by atoms with E-state index >= 15 is 0 Å². The number of aromatic nitrogens is 1. The van der Waals surface area contributed by atoms with Crippen molar-refractivity contribution in [1.82, 2.24) is 4.98 Å². The van der Waals surface area contributed by atoms with E-state index in [4.69, 9.17) is 17.3 Å². The number of fused-ring (bicyclic) bond motifs is 1. The monoisotopic (exact) mass is 210 g/mol. The SMILES string of the molecule is NCC(O)c1ccc2[nH]cc(Cl)c2c1. The number of H-pyrrole nitrogens is 1. The molecule has 1 unspecified atom stereocenters. The Hall–Kier alpha value is -1.03. The summed E-state index contributed by atoms with van der Waals surface area (Å²) in [5.41, 5.74) is 7.12. The van der Waals surface area contributed by atoms with Gasteiger partial charge in [-0.25, -0.2) is 0 Å². The predicted molar refractivity (Wildman–Crippen MR) is 57.3 cm³/mol. The topological polar surface area (TPSA) is 62.0 Å². The van der Waals surface area contributed by atoms with Gasteiger partial charge in [0.2, 0.25) is 0 Å². The summed E-state index contributed by atoms with van der Waals surface area (Å²) >= 11 is 5.95. The fourth-order valence-electron chi connectivity index (χ4n) is 1.45. The summed E-state index contributed by atoms with van der Waals surface area (Å²) in [4.78, 5) is 3.03.